The lowest BCUT2D eigenvalue weighted by Gasteiger charge is -2.48. The van der Waals surface area contributed by atoms with Crippen LogP contribution in [-0.4, -0.2) is 193 Å². The molecule has 3 rings (SSSR count). The van der Waals surface area contributed by atoms with Crippen molar-refractivity contribution >= 4 is 5.91 Å². The first-order chi connectivity index (χ1) is 48.3. The first kappa shape index (κ1) is 89.1. The van der Waals surface area contributed by atoms with Crippen molar-refractivity contribution in [3.63, 3.8) is 0 Å². The Kier molecular flexibility index (Phi) is 53.4. The summed E-state index contributed by atoms with van der Waals surface area (Å²) in [6.45, 7) is 1.58. The van der Waals surface area contributed by atoms with Crippen LogP contribution in [0.2, 0.25) is 0 Å². The van der Waals surface area contributed by atoms with Gasteiger partial charge in [0.15, 0.2) is 18.9 Å². The van der Waals surface area contributed by atoms with E-state index in [1.807, 2.05) is 6.08 Å². The number of rotatable bonds is 57. The van der Waals surface area contributed by atoms with E-state index < -0.39 is 124 Å². The Morgan fingerprint density at radius 2 is 0.707 bits per heavy atom. The normalized spacial score (nSPS) is 27.4. The van der Waals surface area contributed by atoms with Crippen molar-refractivity contribution in [3.05, 3.63) is 134 Å². The zero-order chi connectivity index (χ0) is 71.8. The zero-order valence-corrected chi connectivity index (χ0v) is 60.2. The summed E-state index contributed by atoms with van der Waals surface area (Å²) in [4.78, 5) is 13.4. The summed E-state index contributed by atoms with van der Waals surface area (Å²) in [5, 5.41) is 121. The summed E-state index contributed by atoms with van der Waals surface area (Å²) < 4.78 is 34.4. The van der Waals surface area contributed by atoms with E-state index in [2.05, 4.69) is 141 Å². The van der Waals surface area contributed by atoms with Gasteiger partial charge in [0.2, 0.25) is 5.91 Å². The molecule has 0 radical (unpaired) electrons. The van der Waals surface area contributed by atoms with Crippen LogP contribution in [0.15, 0.2) is 134 Å². The van der Waals surface area contributed by atoms with E-state index in [0.29, 0.717) is 12.8 Å². The third-order valence-corrected chi connectivity index (χ3v) is 17.9. The molecule has 0 aliphatic carbocycles. The molecule has 3 aliphatic heterocycles. The number of ether oxygens (including phenoxy) is 6. The highest BCUT2D eigenvalue weighted by Crippen LogP contribution is 2.33. The minimum Gasteiger partial charge on any atom is -0.394 e. The number of nitrogens with one attached hydrogen (secondary N) is 1. The van der Waals surface area contributed by atoms with Crippen molar-refractivity contribution in [3.8, 4) is 0 Å². The largest absolute Gasteiger partial charge is 0.394 e. The van der Waals surface area contributed by atoms with Crippen LogP contribution in [0.5, 0.6) is 0 Å². The van der Waals surface area contributed by atoms with E-state index in [-0.39, 0.29) is 18.9 Å². The average Bonchev–Trinajstić information content (AvgIpc) is 0.577. The van der Waals surface area contributed by atoms with Crippen LogP contribution >= 0.6 is 0 Å². The Labute approximate surface area is 594 Å². The van der Waals surface area contributed by atoms with Crippen LogP contribution in [0, 0.1) is 0 Å². The number of allylic oxidation sites excluding steroid dienone is 21. The number of hydrogen-bond donors (Lipinski definition) is 12. The first-order valence-corrected chi connectivity index (χ1v) is 37.9. The monoisotopic (exact) mass is 1400 g/mol. The Morgan fingerprint density at radius 3 is 1.13 bits per heavy atom. The van der Waals surface area contributed by atoms with Gasteiger partial charge >= 0.3 is 0 Å². The topological polar surface area (TPSA) is 307 Å². The maximum atomic E-state index is 13.4. The van der Waals surface area contributed by atoms with Gasteiger partial charge in [-0.1, -0.05) is 250 Å². The molecule has 0 aromatic heterocycles. The quantitative estimate of drug-likeness (QED) is 0.0199. The van der Waals surface area contributed by atoms with Crippen molar-refractivity contribution in [1.82, 2.24) is 5.32 Å². The molecule has 19 nitrogen and oxygen atoms in total. The van der Waals surface area contributed by atoms with Gasteiger partial charge in [-0.15, -0.1) is 0 Å². The van der Waals surface area contributed by atoms with E-state index in [1.165, 1.54) is 83.5 Å². The number of hydrogen-bond acceptors (Lipinski definition) is 18. The Morgan fingerprint density at radius 1 is 0.374 bits per heavy atom. The number of carbonyl (C=O) groups excluding carboxylic acids is 1. The molecule has 12 N–H and O–H groups in total. The molecule has 3 heterocycles. The van der Waals surface area contributed by atoms with Gasteiger partial charge in [-0.2, -0.15) is 0 Å². The van der Waals surface area contributed by atoms with Gasteiger partial charge < -0.3 is 89.9 Å². The molecule has 566 valence electrons. The van der Waals surface area contributed by atoms with Crippen molar-refractivity contribution in [2.45, 2.75) is 336 Å². The van der Waals surface area contributed by atoms with Crippen LogP contribution in [0.1, 0.15) is 232 Å². The summed E-state index contributed by atoms with van der Waals surface area (Å²) in [6.07, 6.45) is 57.1. The summed E-state index contributed by atoms with van der Waals surface area (Å²) in [5.41, 5.74) is 0. The SMILES string of the molecule is CC/C=C\C/C=C\C/C=C\C/C=C\C/C=C\C/C=C\C/C=C\C/C=C\CCCCCCCCC(=O)NC(COC1OC(CO)C(OC2OC(CO)C(OC3OC(CO)C(O)C(O)C3O)C(O)C2O)C(O)C1O)C(O)/C=C/CC/C=C/CC/C=C/CCCCCCCCCCCCCCC. The highest BCUT2D eigenvalue weighted by atomic mass is 16.8. The number of carbonyl (C=O) groups is 1. The Bertz CT molecular complexity index is 2310. The molecule has 3 saturated heterocycles. The molecule has 0 bridgehead atoms. The molecule has 0 aromatic rings. The summed E-state index contributed by atoms with van der Waals surface area (Å²) in [6, 6.07) is -1.02. The second-order valence-electron chi connectivity index (χ2n) is 26.4. The molecule has 0 saturated carbocycles. The third kappa shape index (κ3) is 40.0. The van der Waals surface area contributed by atoms with Crippen molar-refractivity contribution < 1.29 is 89.4 Å². The van der Waals surface area contributed by atoms with Crippen molar-refractivity contribution in [2.75, 3.05) is 26.4 Å². The molecule has 3 fully saturated rings. The Hall–Kier alpha value is -4.07. The molecular formula is C80H133NO18. The van der Waals surface area contributed by atoms with Crippen LogP contribution in [-0.2, 0) is 33.2 Å². The predicted molar refractivity (Wildman–Crippen MR) is 392 cm³/mol. The molecule has 19 heteroatoms. The van der Waals surface area contributed by atoms with Crippen LogP contribution in [0.25, 0.3) is 0 Å². The van der Waals surface area contributed by atoms with E-state index in [4.69, 9.17) is 28.4 Å². The second kappa shape index (κ2) is 59.3. The minimum absolute atomic E-state index is 0.205. The fraction of sp³-hybridized carbons (Fsp3) is 0.713. The first-order valence-electron chi connectivity index (χ1n) is 37.9. The fourth-order valence-corrected chi connectivity index (χ4v) is 11.8. The summed E-state index contributed by atoms with van der Waals surface area (Å²) in [7, 11) is 0. The average molecular weight is 1400 g/mol. The zero-order valence-electron chi connectivity index (χ0n) is 60.2. The van der Waals surface area contributed by atoms with E-state index in [1.54, 1.807) is 6.08 Å². The number of aliphatic hydroxyl groups is 11. The van der Waals surface area contributed by atoms with E-state index in [0.717, 1.165) is 116 Å². The standard InChI is InChI=1S/C80H133NO18/c1-3-5-7-9-11-13-15-17-19-21-23-25-27-28-29-30-31-32-33-34-36-38-40-42-44-46-48-50-52-54-56-58-68(86)81-63(64(85)57-55-53-51-49-47-45-43-41-39-37-35-26-24-22-20-18-16-14-12-10-8-6-4-2)62-94-78-74(92)71(89)76(66(60-83)96-78)99-80-75(93)72(90)77(67(61-84)97-80)98-79-73(91)70(88)69(87)65(59-82)95-79/h5,7,11,13,17,19,23,25,28-29,31-32,34,36,39-42,47,49,55,57,63-67,69-80,82-85,87-93H,3-4,6,8-10,12,14-16,18,20-22,24,26-27,30,33,35,37-38,43-46,48,50-54,56,58-62H2,1-2H3,(H,81,86)/b7-5-,13-11-,19-17-,25-23-,29-28-,32-31-,36-34-,41-39+,42-40-,49-47+,57-55+. The van der Waals surface area contributed by atoms with Gasteiger partial charge in [-0.25, -0.2) is 0 Å². The summed E-state index contributed by atoms with van der Waals surface area (Å²) in [5.74, 6) is -0.309. The van der Waals surface area contributed by atoms with Crippen molar-refractivity contribution in [1.29, 1.82) is 0 Å². The van der Waals surface area contributed by atoms with Gasteiger partial charge in [0.25, 0.3) is 0 Å². The lowest BCUT2D eigenvalue weighted by molar-refractivity contribution is -0.379. The maximum absolute atomic E-state index is 13.4. The van der Waals surface area contributed by atoms with Gasteiger partial charge in [-0.05, 0) is 109 Å². The third-order valence-electron chi connectivity index (χ3n) is 17.9. The molecular weight excluding hydrogens is 1260 g/mol. The molecule has 0 spiro atoms. The van der Waals surface area contributed by atoms with Gasteiger partial charge in [0, 0.05) is 6.42 Å². The molecule has 1 amide bonds. The van der Waals surface area contributed by atoms with Crippen LogP contribution in [0.3, 0.4) is 0 Å². The van der Waals surface area contributed by atoms with E-state index in [9.17, 15) is 61.0 Å². The molecule has 3 aliphatic rings. The highest BCUT2D eigenvalue weighted by molar-refractivity contribution is 5.76. The fourth-order valence-electron chi connectivity index (χ4n) is 11.8. The number of unbranched alkanes of at least 4 members (excludes halogenated alkanes) is 21. The molecule has 99 heavy (non-hydrogen) atoms. The lowest BCUT2D eigenvalue weighted by atomic mass is 9.96. The smallest absolute Gasteiger partial charge is 0.220 e. The molecule has 0 aromatic carbocycles. The number of amides is 1. The van der Waals surface area contributed by atoms with Gasteiger partial charge in [0.05, 0.1) is 38.6 Å². The van der Waals surface area contributed by atoms with Crippen molar-refractivity contribution in [2.24, 2.45) is 0 Å². The van der Waals surface area contributed by atoms with Crippen LogP contribution in [0.4, 0.5) is 0 Å². The van der Waals surface area contributed by atoms with Crippen LogP contribution < -0.4 is 5.32 Å². The number of aliphatic hydroxyl groups excluding tert-OH is 11. The Balaban J connectivity index is 1.43. The lowest BCUT2D eigenvalue weighted by Crippen LogP contribution is -2.66. The minimum atomic E-state index is -1.99. The maximum Gasteiger partial charge on any atom is 0.220 e. The highest BCUT2D eigenvalue weighted by Gasteiger charge is 2.53. The predicted octanol–water partition coefficient (Wildman–Crippen LogP) is 11.7. The summed E-state index contributed by atoms with van der Waals surface area (Å²) >= 11 is 0. The molecule has 17 unspecified atom stereocenters. The second-order valence-corrected chi connectivity index (χ2v) is 26.4. The van der Waals surface area contributed by atoms with Gasteiger partial charge in [0.1, 0.15) is 73.2 Å². The molecule has 17 atom stereocenters. The van der Waals surface area contributed by atoms with Gasteiger partial charge in [-0.3, -0.25) is 4.79 Å². The van der Waals surface area contributed by atoms with E-state index >= 15 is 0 Å².